The molecule has 0 spiro atoms. The Kier molecular flexibility index (Phi) is 5.63. The predicted molar refractivity (Wildman–Crippen MR) is 207 cm³/mol. The first-order chi connectivity index (χ1) is 24.8. The molecule has 0 amide bonds. The molecule has 0 aliphatic heterocycles. The molecule has 11 aromatic rings. The molecule has 0 atom stereocenters. The van der Waals surface area contributed by atoms with Crippen molar-refractivity contribution in [1.82, 2.24) is 14.5 Å². The number of hydrogen-bond acceptors (Lipinski definition) is 3. The standard InChI is InChI=1S/C46H27N3O/c1-2-14-30-25-40-37(24-29(30)13-1)33-17-6-9-22-39(33)49(40)41-26-31(27-43-44(41)36-19-7-10-23-42(36)50-43)46-47-38-21-8-5-18-35(38)45(48-46)34-20-11-15-28-12-3-4-16-32(28)34/h1-27H. The summed E-state index contributed by atoms with van der Waals surface area (Å²) in [5, 5.41) is 10.3. The third-order valence-electron chi connectivity index (χ3n) is 10.1. The fraction of sp³-hybridized carbons (Fsp3) is 0. The normalized spacial score (nSPS) is 12.0. The van der Waals surface area contributed by atoms with E-state index in [1.807, 2.05) is 18.2 Å². The fourth-order valence-electron chi connectivity index (χ4n) is 7.90. The van der Waals surface area contributed by atoms with Gasteiger partial charge in [-0.05, 0) is 64.0 Å². The van der Waals surface area contributed by atoms with Gasteiger partial charge in [-0.25, -0.2) is 9.97 Å². The van der Waals surface area contributed by atoms with Gasteiger partial charge in [0.05, 0.1) is 33.3 Å². The first-order valence-corrected chi connectivity index (χ1v) is 16.9. The summed E-state index contributed by atoms with van der Waals surface area (Å²) in [7, 11) is 0. The predicted octanol–water partition coefficient (Wildman–Crippen LogP) is 12.3. The van der Waals surface area contributed by atoms with Crippen LogP contribution in [0, 0.1) is 0 Å². The molecule has 8 aromatic carbocycles. The summed E-state index contributed by atoms with van der Waals surface area (Å²) in [6.07, 6.45) is 0. The van der Waals surface area contributed by atoms with Crippen molar-refractivity contribution < 1.29 is 4.42 Å². The molecule has 11 rings (SSSR count). The van der Waals surface area contributed by atoms with Gasteiger partial charge in [-0.1, -0.05) is 121 Å². The van der Waals surface area contributed by atoms with Gasteiger partial charge in [0.2, 0.25) is 0 Å². The lowest BCUT2D eigenvalue weighted by molar-refractivity contribution is 0.669. The molecule has 0 saturated heterocycles. The number of hydrogen-bond donors (Lipinski definition) is 0. The highest BCUT2D eigenvalue weighted by molar-refractivity contribution is 6.17. The molecular weight excluding hydrogens is 611 g/mol. The van der Waals surface area contributed by atoms with Gasteiger partial charge >= 0.3 is 0 Å². The molecule has 4 heteroatoms. The maximum absolute atomic E-state index is 6.64. The van der Waals surface area contributed by atoms with Crippen molar-refractivity contribution in [1.29, 1.82) is 0 Å². The minimum atomic E-state index is 0.654. The van der Waals surface area contributed by atoms with Gasteiger partial charge < -0.3 is 8.98 Å². The highest BCUT2D eigenvalue weighted by Gasteiger charge is 2.21. The Labute approximate surface area is 286 Å². The molecule has 4 nitrogen and oxygen atoms in total. The fourth-order valence-corrected chi connectivity index (χ4v) is 7.90. The SMILES string of the molecule is c1ccc2cc3c(cc2c1)c1ccccc1n3-c1cc(-c2nc(-c3cccc4ccccc34)c3ccccc3n2)cc2oc3ccccc3c12. The summed E-state index contributed by atoms with van der Waals surface area (Å²) < 4.78 is 9.04. The Morgan fingerprint density at radius 2 is 1.12 bits per heavy atom. The lowest BCUT2D eigenvalue weighted by atomic mass is 9.99. The Balaban J connectivity index is 1.26. The molecule has 232 valence electrons. The van der Waals surface area contributed by atoms with Crippen molar-refractivity contribution in [3.8, 4) is 28.3 Å². The van der Waals surface area contributed by atoms with E-state index >= 15 is 0 Å². The first kappa shape index (κ1) is 27.2. The summed E-state index contributed by atoms with van der Waals surface area (Å²) in [6, 6.07) is 57.8. The third-order valence-corrected chi connectivity index (χ3v) is 10.1. The molecule has 3 heterocycles. The molecular formula is C46H27N3O. The highest BCUT2D eigenvalue weighted by atomic mass is 16.3. The van der Waals surface area contributed by atoms with Crippen molar-refractivity contribution in [3.63, 3.8) is 0 Å². The van der Waals surface area contributed by atoms with E-state index in [0.717, 1.165) is 71.8 Å². The minimum absolute atomic E-state index is 0.654. The summed E-state index contributed by atoms with van der Waals surface area (Å²) in [6.45, 7) is 0. The van der Waals surface area contributed by atoms with Crippen molar-refractivity contribution in [2.75, 3.05) is 0 Å². The molecule has 0 saturated carbocycles. The largest absolute Gasteiger partial charge is 0.456 e. The second-order valence-electron chi connectivity index (χ2n) is 13.0. The monoisotopic (exact) mass is 637 g/mol. The number of rotatable bonds is 3. The van der Waals surface area contributed by atoms with Gasteiger partial charge in [-0.3, -0.25) is 0 Å². The number of benzene rings is 8. The van der Waals surface area contributed by atoms with Crippen LogP contribution in [-0.4, -0.2) is 14.5 Å². The number of nitrogens with zero attached hydrogens (tertiary/aromatic N) is 3. The molecule has 0 N–H and O–H groups in total. The molecule has 0 aliphatic carbocycles. The maximum Gasteiger partial charge on any atom is 0.160 e. The van der Waals surface area contributed by atoms with E-state index in [1.54, 1.807) is 0 Å². The third kappa shape index (κ3) is 3.93. The lowest BCUT2D eigenvalue weighted by Crippen LogP contribution is -1.99. The maximum atomic E-state index is 6.64. The van der Waals surface area contributed by atoms with Crippen LogP contribution in [0.15, 0.2) is 168 Å². The van der Waals surface area contributed by atoms with Crippen LogP contribution in [0.4, 0.5) is 0 Å². The quantitative estimate of drug-likeness (QED) is 0.194. The highest BCUT2D eigenvalue weighted by Crippen LogP contribution is 2.42. The van der Waals surface area contributed by atoms with E-state index < -0.39 is 0 Å². The van der Waals surface area contributed by atoms with Gasteiger partial charge in [0.1, 0.15) is 11.2 Å². The Bertz CT molecular complexity index is 3160. The van der Waals surface area contributed by atoms with Crippen molar-refractivity contribution in [3.05, 3.63) is 164 Å². The van der Waals surface area contributed by atoms with E-state index in [9.17, 15) is 0 Å². The van der Waals surface area contributed by atoms with Crippen LogP contribution in [0.25, 0.3) is 105 Å². The number of aromatic nitrogens is 3. The summed E-state index contributed by atoms with van der Waals surface area (Å²) in [5.74, 6) is 0.654. The van der Waals surface area contributed by atoms with E-state index in [4.69, 9.17) is 14.4 Å². The zero-order valence-corrected chi connectivity index (χ0v) is 26.8. The topological polar surface area (TPSA) is 43.9 Å². The number of furan rings is 1. The van der Waals surface area contributed by atoms with Crippen molar-refractivity contribution in [2.45, 2.75) is 0 Å². The zero-order valence-electron chi connectivity index (χ0n) is 26.8. The van der Waals surface area contributed by atoms with Crippen LogP contribution in [0.2, 0.25) is 0 Å². The molecule has 0 fully saturated rings. The van der Waals surface area contributed by atoms with Crippen molar-refractivity contribution >= 4 is 76.2 Å². The van der Waals surface area contributed by atoms with Crippen LogP contribution in [-0.2, 0) is 0 Å². The van der Waals surface area contributed by atoms with Crippen LogP contribution < -0.4 is 0 Å². The van der Waals surface area contributed by atoms with Crippen LogP contribution in [0.3, 0.4) is 0 Å². The molecule has 0 aliphatic rings. The minimum Gasteiger partial charge on any atom is -0.456 e. The summed E-state index contributed by atoms with van der Waals surface area (Å²) >= 11 is 0. The van der Waals surface area contributed by atoms with E-state index in [-0.39, 0.29) is 0 Å². The van der Waals surface area contributed by atoms with E-state index in [2.05, 4.69) is 150 Å². The van der Waals surface area contributed by atoms with Crippen LogP contribution >= 0.6 is 0 Å². The zero-order chi connectivity index (χ0) is 32.8. The lowest BCUT2D eigenvalue weighted by Gasteiger charge is -2.14. The Hall–Kier alpha value is -6.78. The van der Waals surface area contributed by atoms with Crippen LogP contribution in [0.5, 0.6) is 0 Å². The van der Waals surface area contributed by atoms with Gasteiger partial charge in [0, 0.05) is 32.7 Å². The first-order valence-electron chi connectivity index (χ1n) is 16.9. The molecule has 0 bridgehead atoms. The van der Waals surface area contributed by atoms with E-state index in [0.29, 0.717) is 5.82 Å². The molecule has 0 unspecified atom stereocenters. The Morgan fingerprint density at radius 1 is 0.440 bits per heavy atom. The number of fused-ring (bicyclic) bond motifs is 9. The van der Waals surface area contributed by atoms with Gasteiger partial charge in [0.25, 0.3) is 0 Å². The summed E-state index contributed by atoms with van der Waals surface area (Å²) in [4.78, 5) is 10.6. The van der Waals surface area contributed by atoms with E-state index in [1.165, 1.54) is 26.9 Å². The molecule has 50 heavy (non-hydrogen) atoms. The average Bonchev–Trinajstić information content (AvgIpc) is 3.71. The average molecular weight is 638 g/mol. The van der Waals surface area contributed by atoms with Gasteiger partial charge in [-0.15, -0.1) is 0 Å². The number of para-hydroxylation sites is 3. The van der Waals surface area contributed by atoms with Gasteiger partial charge in [0.15, 0.2) is 5.82 Å². The molecule has 3 aromatic heterocycles. The van der Waals surface area contributed by atoms with Crippen LogP contribution in [0.1, 0.15) is 0 Å². The second-order valence-corrected chi connectivity index (χ2v) is 13.0. The summed E-state index contributed by atoms with van der Waals surface area (Å²) in [5.41, 5.74) is 8.76. The second kappa shape index (κ2) is 10.4. The molecule has 0 radical (unpaired) electrons. The Morgan fingerprint density at radius 3 is 2.00 bits per heavy atom. The van der Waals surface area contributed by atoms with Crippen molar-refractivity contribution in [2.24, 2.45) is 0 Å². The smallest absolute Gasteiger partial charge is 0.160 e. The van der Waals surface area contributed by atoms with Gasteiger partial charge in [-0.2, -0.15) is 0 Å².